The van der Waals surface area contributed by atoms with E-state index < -0.39 is 0 Å². The minimum absolute atomic E-state index is 0.554. The number of nitrogens with two attached hydrogens (primary N) is 1. The summed E-state index contributed by atoms with van der Waals surface area (Å²) >= 11 is 0. The van der Waals surface area contributed by atoms with Gasteiger partial charge < -0.3 is 20.9 Å². The number of hydrogen-bond acceptors (Lipinski definition) is 6. The van der Waals surface area contributed by atoms with Gasteiger partial charge in [0.15, 0.2) is 0 Å². The maximum Gasteiger partial charge on any atom is 0.134 e. The van der Waals surface area contributed by atoms with Crippen LogP contribution >= 0.6 is 0 Å². The van der Waals surface area contributed by atoms with Crippen molar-refractivity contribution in [3.63, 3.8) is 0 Å². The average molecular weight is 384 g/mol. The van der Waals surface area contributed by atoms with Crippen molar-refractivity contribution < 1.29 is 4.74 Å². The van der Waals surface area contributed by atoms with Gasteiger partial charge in [0.05, 0.1) is 28.9 Å². The molecule has 144 valence electrons. The summed E-state index contributed by atoms with van der Waals surface area (Å²) in [5.74, 6) is 1.69. The van der Waals surface area contributed by atoms with E-state index in [0.717, 1.165) is 57.8 Å². The lowest BCUT2D eigenvalue weighted by Crippen LogP contribution is -2.12. The number of nitrogen functional groups attached to an aromatic ring is 1. The van der Waals surface area contributed by atoms with Crippen molar-refractivity contribution in [1.82, 2.24) is 19.9 Å². The Bertz CT molecular complexity index is 1200. The molecule has 3 aromatic heterocycles. The highest BCUT2D eigenvalue weighted by atomic mass is 16.5. The Kier molecular flexibility index (Phi) is 4.20. The molecule has 0 fully saturated rings. The number of aromatic nitrogens is 4. The standard InChI is InChI=1S/C22H20N6O/c23-11-15-16(24)4-6-17-20(15)22-14(2-1-9-29-22)21(28-17)18-5-3-13(12-27-18)10-19-25-7-8-26-19/h3-8,11-12,23H,1-2,9-10,24H2,(H,25,26). The first-order valence-corrected chi connectivity index (χ1v) is 9.56. The number of imidazole rings is 1. The summed E-state index contributed by atoms with van der Waals surface area (Å²) in [7, 11) is 0. The largest absolute Gasteiger partial charge is 0.492 e. The van der Waals surface area contributed by atoms with Crippen molar-refractivity contribution in [2.75, 3.05) is 12.3 Å². The molecular weight excluding hydrogens is 364 g/mol. The number of nitrogens with one attached hydrogen (secondary N) is 2. The fourth-order valence-electron chi connectivity index (χ4n) is 3.84. The number of anilines is 1. The van der Waals surface area contributed by atoms with Crippen molar-refractivity contribution >= 4 is 22.8 Å². The molecule has 0 aliphatic carbocycles. The van der Waals surface area contributed by atoms with Crippen LogP contribution in [0.25, 0.3) is 22.3 Å². The van der Waals surface area contributed by atoms with Crippen LogP contribution in [0.15, 0.2) is 42.9 Å². The molecule has 0 unspecified atom stereocenters. The molecule has 0 bridgehead atoms. The van der Waals surface area contributed by atoms with E-state index in [1.165, 1.54) is 6.21 Å². The molecule has 1 aromatic carbocycles. The third kappa shape index (κ3) is 3.00. The topological polar surface area (TPSA) is 114 Å². The molecule has 0 atom stereocenters. The quantitative estimate of drug-likeness (QED) is 0.368. The summed E-state index contributed by atoms with van der Waals surface area (Å²) in [6.07, 6.45) is 9.19. The van der Waals surface area contributed by atoms with Gasteiger partial charge in [0, 0.05) is 48.0 Å². The van der Waals surface area contributed by atoms with E-state index in [0.29, 0.717) is 24.3 Å². The van der Waals surface area contributed by atoms with Crippen LogP contribution in [0.2, 0.25) is 0 Å². The molecule has 0 amide bonds. The summed E-state index contributed by atoms with van der Waals surface area (Å²) < 4.78 is 6.05. The first-order valence-electron chi connectivity index (χ1n) is 9.56. The minimum Gasteiger partial charge on any atom is -0.492 e. The fourth-order valence-corrected chi connectivity index (χ4v) is 3.84. The van der Waals surface area contributed by atoms with E-state index in [9.17, 15) is 0 Å². The molecule has 4 heterocycles. The van der Waals surface area contributed by atoms with E-state index in [2.05, 4.69) is 21.0 Å². The first kappa shape index (κ1) is 17.4. The van der Waals surface area contributed by atoms with Crippen molar-refractivity contribution in [2.24, 2.45) is 0 Å². The lowest BCUT2D eigenvalue weighted by atomic mass is 9.96. The van der Waals surface area contributed by atoms with Crippen LogP contribution in [0.1, 0.15) is 28.9 Å². The second-order valence-electron chi connectivity index (χ2n) is 7.09. The molecule has 7 heteroatoms. The maximum atomic E-state index is 7.80. The zero-order valence-electron chi connectivity index (χ0n) is 15.8. The number of nitrogens with zero attached hydrogens (tertiary/aromatic N) is 3. The average Bonchev–Trinajstić information content (AvgIpc) is 3.27. The van der Waals surface area contributed by atoms with Gasteiger partial charge in [0.1, 0.15) is 11.6 Å². The van der Waals surface area contributed by atoms with Gasteiger partial charge in [-0.3, -0.25) is 4.98 Å². The van der Waals surface area contributed by atoms with Crippen LogP contribution in [0.5, 0.6) is 5.75 Å². The Balaban J connectivity index is 1.63. The van der Waals surface area contributed by atoms with Crippen LogP contribution in [0.3, 0.4) is 0 Å². The van der Waals surface area contributed by atoms with Gasteiger partial charge in [-0.15, -0.1) is 0 Å². The van der Waals surface area contributed by atoms with Gasteiger partial charge in [-0.2, -0.15) is 0 Å². The predicted molar refractivity (Wildman–Crippen MR) is 112 cm³/mol. The molecule has 29 heavy (non-hydrogen) atoms. The lowest BCUT2D eigenvalue weighted by molar-refractivity contribution is 0.292. The molecular formula is C22H20N6O. The molecule has 7 nitrogen and oxygen atoms in total. The van der Waals surface area contributed by atoms with Crippen molar-refractivity contribution in [2.45, 2.75) is 19.3 Å². The molecule has 4 aromatic rings. The van der Waals surface area contributed by atoms with Crippen LogP contribution < -0.4 is 10.5 Å². The highest BCUT2D eigenvalue weighted by Gasteiger charge is 2.23. The third-order valence-corrected chi connectivity index (χ3v) is 5.23. The number of rotatable bonds is 4. The summed E-state index contributed by atoms with van der Waals surface area (Å²) in [6, 6.07) is 7.72. The molecule has 4 N–H and O–H groups in total. The SMILES string of the molecule is N=Cc1c(N)ccc2nc(-c3ccc(Cc4ncc[nH]4)cn3)c3c(c12)OCCC3. The monoisotopic (exact) mass is 384 g/mol. The van der Waals surface area contributed by atoms with E-state index in [4.69, 9.17) is 20.9 Å². The number of fused-ring (bicyclic) bond motifs is 3. The molecule has 0 saturated heterocycles. The number of aromatic amines is 1. The molecule has 0 spiro atoms. The Morgan fingerprint density at radius 3 is 2.90 bits per heavy atom. The molecule has 1 aliphatic rings. The summed E-state index contributed by atoms with van der Waals surface area (Å²) in [4.78, 5) is 16.9. The number of pyridine rings is 2. The zero-order valence-corrected chi connectivity index (χ0v) is 15.8. The Hall–Kier alpha value is -3.74. The van der Waals surface area contributed by atoms with Gasteiger partial charge in [0.25, 0.3) is 0 Å². The van der Waals surface area contributed by atoms with Gasteiger partial charge in [-0.25, -0.2) is 9.97 Å². The number of benzene rings is 1. The van der Waals surface area contributed by atoms with Gasteiger partial charge in [-0.1, -0.05) is 6.07 Å². The maximum absolute atomic E-state index is 7.80. The second kappa shape index (κ2) is 7.01. The van der Waals surface area contributed by atoms with Crippen molar-refractivity contribution in [3.05, 3.63) is 65.4 Å². The lowest BCUT2D eigenvalue weighted by Gasteiger charge is -2.23. The normalized spacial score (nSPS) is 13.1. The highest BCUT2D eigenvalue weighted by Crippen LogP contribution is 2.40. The fraction of sp³-hybridized carbons (Fsp3) is 0.182. The first-order chi connectivity index (χ1) is 14.2. The van der Waals surface area contributed by atoms with Crippen LogP contribution in [0.4, 0.5) is 5.69 Å². The highest BCUT2D eigenvalue weighted by molar-refractivity contribution is 6.06. The smallest absolute Gasteiger partial charge is 0.134 e. The second-order valence-corrected chi connectivity index (χ2v) is 7.09. The molecule has 0 saturated carbocycles. The summed E-state index contributed by atoms with van der Waals surface area (Å²) in [6.45, 7) is 0.646. The molecule has 5 rings (SSSR count). The Morgan fingerprint density at radius 2 is 2.14 bits per heavy atom. The summed E-state index contributed by atoms with van der Waals surface area (Å²) in [5, 5.41) is 8.61. The molecule has 0 radical (unpaired) electrons. The van der Waals surface area contributed by atoms with Gasteiger partial charge in [0.2, 0.25) is 0 Å². The third-order valence-electron chi connectivity index (χ3n) is 5.23. The predicted octanol–water partition coefficient (Wildman–Crippen LogP) is 3.52. The Labute approximate surface area is 167 Å². The van der Waals surface area contributed by atoms with Crippen LogP contribution in [-0.2, 0) is 12.8 Å². The van der Waals surface area contributed by atoms with E-state index in [1.54, 1.807) is 12.3 Å². The minimum atomic E-state index is 0.554. The Morgan fingerprint density at radius 1 is 1.21 bits per heavy atom. The van der Waals surface area contributed by atoms with E-state index in [-0.39, 0.29) is 0 Å². The summed E-state index contributed by atoms with van der Waals surface area (Å²) in [5.41, 5.74) is 11.8. The van der Waals surface area contributed by atoms with E-state index in [1.807, 2.05) is 24.5 Å². The van der Waals surface area contributed by atoms with Gasteiger partial charge >= 0.3 is 0 Å². The van der Waals surface area contributed by atoms with Crippen LogP contribution in [0, 0.1) is 5.41 Å². The van der Waals surface area contributed by atoms with Crippen LogP contribution in [-0.4, -0.2) is 32.8 Å². The number of ether oxygens (including phenoxy) is 1. The van der Waals surface area contributed by atoms with Gasteiger partial charge in [-0.05, 0) is 36.6 Å². The van der Waals surface area contributed by atoms with Crippen molar-refractivity contribution in [3.8, 4) is 17.1 Å². The van der Waals surface area contributed by atoms with E-state index >= 15 is 0 Å². The number of hydrogen-bond donors (Lipinski definition) is 3. The number of H-pyrrole nitrogens is 1. The van der Waals surface area contributed by atoms with Crippen molar-refractivity contribution in [1.29, 1.82) is 5.41 Å². The molecule has 1 aliphatic heterocycles. The zero-order chi connectivity index (χ0) is 19.8.